The minimum atomic E-state index is -0.859. The normalized spacial score (nSPS) is 9.87. The van der Waals surface area contributed by atoms with Crippen molar-refractivity contribution in [2.24, 2.45) is 0 Å². The molecule has 3 heteroatoms. The maximum atomic E-state index is 10.9. The fourth-order valence-electron chi connectivity index (χ4n) is 1.18. The molecule has 2 nitrogen and oxygen atoms in total. The fraction of sp³-hybridized carbons (Fsp3) is 0.250. The summed E-state index contributed by atoms with van der Waals surface area (Å²) in [6.07, 6.45) is 3.88. The molecule has 1 N–H and O–H groups in total. The molecule has 0 atom stereocenters. The van der Waals surface area contributed by atoms with Gasteiger partial charge in [-0.3, -0.25) is 0 Å². The van der Waals surface area contributed by atoms with Crippen molar-refractivity contribution in [1.82, 2.24) is 0 Å². The molecule has 0 saturated carbocycles. The van der Waals surface area contributed by atoms with Crippen molar-refractivity contribution in [3.63, 3.8) is 0 Å². The highest BCUT2D eigenvalue weighted by Gasteiger charge is 2.08. The van der Waals surface area contributed by atoms with Crippen molar-refractivity contribution < 1.29 is 9.90 Å². The molecule has 0 amide bonds. The number of rotatable bonds is 6. The first-order valence-electron chi connectivity index (χ1n) is 4.81. The number of aromatic carboxylic acids is 1. The smallest absolute Gasteiger partial charge is 0.336 e. The second kappa shape index (κ2) is 6.30. The number of hydrogen-bond donors (Lipinski definition) is 1. The SMILES string of the molecule is C=CCCCSc1ccccc1C(=O)O. The van der Waals surface area contributed by atoms with Crippen LogP contribution in [-0.4, -0.2) is 16.8 Å². The number of carbonyl (C=O) groups is 1. The van der Waals surface area contributed by atoms with Crippen LogP contribution in [0.25, 0.3) is 0 Å². The molecule has 0 spiro atoms. The Balaban J connectivity index is 2.59. The van der Waals surface area contributed by atoms with E-state index in [4.69, 9.17) is 5.11 Å². The van der Waals surface area contributed by atoms with Gasteiger partial charge in [0.25, 0.3) is 0 Å². The van der Waals surface area contributed by atoms with Crippen molar-refractivity contribution in [2.45, 2.75) is 17.7 Å². The highest BCUT2D eigenvalue weighted by Crippen LogP contribution is 2.23. The summed E-state index contributed by atoms with van der Waals surface area (Å²) in [5.41, 5.74) is 0.390. The summed E-state index contributed by atoms with van der Waals surface area (Å²) in [7, 11) is 0. The molecule has 0 fully saturated rings. The molecular formula is C12H14O2S. The quantitative estimate of drug-likeness (QED) is 0.455. The zero-order valence-corrected chi connectivity index (χ0v) is 9.30. The van der Waals surface area contributed by atoms with E-state index < -0.39 is 5.97 Å². The minimum absolute atomic E-state index is 0.390. The Labute approximate surface area is 94.0 Å². The van der Waals surface area contributed by atoms with E-state index in [9.17, 15) is 4.79 Å². The maximum absolute atomic E-state index is 10.9. The first-order valence-corrected chi connectivity index (χ1v) is 5.80. The molecule has 15 heavy (non-hydrogen) atoms. The molecule has 0 bridgehead atoms. The molecule has 0 unspecified atom stereocenters. The Morgan fingerprint density at radius 3 is 2.87 bits per heavy atom. The zero-order valence-electron chi connectivity index (χ0n) is 8.48. The standard InChI is InChI=1S/C12H14O2S/c1-2-3-6-9-15-11-8-5-4-7-10(11)12(13)14/h2,4-5,7-8H,1,3,6,9H2,(H,13,14). The molecule has 0 aliphatic rings. The van der Waals surface area contributed by atoms with Crippen LogP contribution in [0.2, 0.25) is 0 Å². The molecule has 80 valence electrons. The Bertz CT molecular complexity index is 347. The molecule has 0 aliphatic carbocycles. The van der Waals surface area contributed by atoms with E-state index in [1.807, 2.05) is 18.2 Å². The number of hydrogen-bond acceptors (Lipinski definition) is 2. The third kappa shape index (κ3) is 3.80. The number of allylic oxidation sites excluding steroid dienone is 1. The van der Waals surface area contributed by atoms with Crippen molar-refractivity contribution in [3.8, 4) is 0 Å². The molecule has 0 aromatic heterocycles. The highest BCUT2D eigenvalue weighted by atomic mass is 32.2. The largest absolute Gasteiger partial charge is 0.478 e. The molecule has 0 saturated heterocycles. The molecule has 1 aromatic rings. The van der Waals surface area contributed by atoms with Gasteiger partial charge in [-0.25, -0.2) is 4.79 Å². The van der Waals surface area contributed by atoms with Crippen LogP contribution in [0.5, 0.6) is 0 Å². The van der Waals surface area contributed by atoms with E-state index in [2.05, 4.69) is 6.58 Å². The number of carboxylic acids is 1. The van der Waals surface area contributed by atoms with Gasteiger partial charge in [-0.2, -0.15) is 0 Å². The molecule has 0 heterocycles. The van der Waals surface area contributed by atoms with Gasteiger partial charge in [-0.15, -0.1) is 18.3 Å². The van der Waals surface area contributed by atoms with E-state index in [0.717, 1.165) is 23.5 Å². The van der Waals surface area contributed by atoms with Gasteiger partial charge in [0.1, 0.15) is 0 Å². The van der Waals surface area contributed by atoms with Crippen LogP contribution in [0.1, 0.15) is 23.2 Å². The molecule has 1 aromatic carbocycles. The van der Waals surface area contributed by atoms with Crippen LogP contribution in [0.3, 0.4) is 0 Å². The molecule has 0 aliphatic heterocycles. The third-order valence-corrected chi connectivity index (χ3v) is 3.09. The summed E-state index contributed by atoms with van der Waals surface area (Å²) in [6.45, 7) is 3.65. The van der Waals surface area contributed by atoms with Gasteiger partial charge in [0.05, 0.1) is 5.56 Å². The maximum Gasteiger partial charge on any atom is 0.336 e. The lowest BCUT2D eigenvalue weighted by atomic mass is 10.2. The van der Waals surface area contributed by atoms with Crippen LogP contribution in [0.4, 0.5) is 0 Å². The topological polar surface area (TPSA) is 37.3 Å². The first-order chi connectivity index (χ1) is 7.25. The van der Waals surface area contributed by atoms with Gasteiger partial charge in [0, 0.05) is 4.90 Å². The monoisotopic (exact) mass is 222 g/mol. The number of thioether (sulfide) groups is 1. The van der Waals surface area contributed by atoms with Gasteiger partial charge in [0.15, 0.2) is 0 Å². The number of unbranched alkanes of at least 4 members (excludes halogenated alkanes) is 1. The summed E-state index contributed by atoms with van der Waals surface area (Å²) in [4.78, 5) is 11.7. The minimum Gasteiger partial charge on any atom is -0.478 e. The van der Waals surface area contributed by atoms with Crippen molar-refractivity contribution in [2.75, 3.05) is 5.75 Å². The predicted octanol–water partition coefficient (Wildman–Crippen LogP) is 3.44. The van der Waals surface area contributed by atoms with Crippen molar-refractivity contribution >= 4 is 17.7 Å². The van der Waals surface area contributed by atoms with E-state index >= 15 is 0 Å². The summed E-state index contributed by atoms with van der Waals surface area (Å²) in [5.74, 6) is 0.0675. The molecule has 0 radical (unpaired) electrons. The second-order valence-electron chi connectivity index (χ2n) is 3.08. The Morgan fingerprint density at radius 2 is 2.20 bits per heavy atom. The van der Waals surface area contributed by atoms with Gasteiger partial charge >= 0.3 is 5.97 Å². The lowest BCUT2D eigenvalue weighted by Crippen LogP contribution is -1.98. The van der Waals surface area contributed by atoms with Crippen LogP contribution in [0.15, 0.2) is 41.8 Å². The predicted molar refractivity (Wildman–Crippen MR) is 63.6 cm³/mol. The summed E-state index contributed by atoms with van der Waals surface area (Å²) < 4.78 is 0. The lowest BCUT2D eigenvalue weighted by molar-refractivity contribution is 0.0693. The number of benzene rings is 1. The summed E-state index contributed by atoms with van der Waals surface area (Å²) >= 11 is 1.59. The average Bonchev–Trinajstić information content (AvgIpc) is 2.25. The third-order valence-electron chi connectivity index (χ3n) is 1.93. The first kappa shape index (κ1) is 11.9. The summed E-state index contributed by atoms with van der Waals surface area (Å²) in [5, 5.41) is 8.94. The van der Waals surface area contributed by atoms with Crippen molar-refractivity contribution in [3.05, 3.63) is 42.5 Å². The van der Waals surface area contributed by atoms with Crippen LogP contribution < -0.4 is 0 Å². The molecule has 1 rings (SSSR count). The van der Waals surface area contributed by atoms with Gasteiger partial charge < -0.3 is 5.11 Å². The van der Waals surface area contributed by atoms with Crippen LogP contribution in [-0.2, 0) is 0 Å². The number of carboxylic acid groups (broad SMARTS) is 1. The van der Waals surface area contributed by atoms with E-state index in [1.54, 1.807) is 23.9 Å². The zero-order chi connectivity index (χ0) is 11.1. The van der Waals surface area contributed by atoms with Gasteiger partial charge in [-0.05, 0) is 30.7 Å². The van der Waals surface area contributed by atoms with Crippen LogP contribution in [0, 0.1) is 0 Å². The second-order valence-corrected chi connectivity index (χ2v) is 4.22. The lowest BCUT2D eigenvalue weighted by Gasteiger charge is -2.04. The Hall–Kier alpha value is -1.22. The highest BCUT2D eigenvalue weighted by molar-refractivity contribution is 7.99. The molecular weight excluding hydrogens is 208 g/mol. The van der Waals surface area contributed by atoms with Crippen molar-refractivity contribution in [1.29, 1.82) is 0 Å². The average molecular weight is 222 g/mol. The fourth-order valence-corrected chi connectivity index (χ4v) is 2.20. The van der Waals surface area contributed by atoms with Gasteiger partial charge in [0.2, 0.25) is 0 Å². The summed E-state index contributed by atoms with van der Waals surface area (Å²) in [6, 6.07) is 7.10. The van der Waals surface area contributed by atoms with Crippen LogP contribution >= 0.6 is 11.8 Å². The van der Waals surface area contributed by atoms with E-state index in [-0.39, 0.29) is 0 Å². The van der Waals surface area contributed by atoms with E-state index in [0.29, 0.717) is 5.56 Å². The van der Waals surface area contributed by atoms with E-state index in [1.165, 1.54) is 0 Å². The Morgan fingerprint density at radius 1 is 1.47 bits per heavy atom. The Kier molecular flexibility index (Phi) is 4.98. The van der Waals surface area contributed by atoms with Gasteiger partial charge in [-0.1, -0.05) is 18.2 Å².